The molecule has 0 amide bonds. The van der Waals surface area contributed by atoms with Crippen LogP contribution in [0.4, 0.5) is 11.8 Å². The first-order chi connectivity index (χ1) is 10.3. The highest BCUT2D eigenvalue weighted by atomic mass is 32.1. The van der Waals surface area contributed by atoms with Crippen molar-refractivity contribution < 1.29 is 0 Å². The van der Waals surface area contributed by atoms with Crippen molar-refractivity contribution in [3.05, 3.63) is 11.4 Å². The van der Waals surface area contributed by atoms with Crippen LogP contribution in [0.3, 0.4) is 0 Å². The summed E-state index contributed by atoms with van der Waals surface area (Å²) in [5, 5.41) is 10.1. The molecule has 114 valence electrons. The lowest BCUT2D eigenvalue weighted by molar-refractivity contribution is 0.261. The fourth-order valence-corrected chi connectivity index (χ4v) is 3.52. The van der Waals surface area contributed by atoms with Gasteiger partial charge in [0.25, 0.3) is 0 Å². The smallest absolute Gasteiger partial charge is 0.226 e. The van der Waals surface area contributed by atoms with Crippen molar-refractivity contribution in [3.8, 4) is 0 Å². The minimum Gasteiger partial charge on any atom is -0.365 e. The summed E-state index contributed by atoms with van der Waals surface area (Å²) in [6.07, 6.45) is 3.52. The lowest BCUT2D eigenvalue weighted by Gasteiger charge is -2.30. The lowest BCUT2D eigenvalue weighted by Crippen LogP contribution is -2.40. The van der Waals surface area contributed by atoms with Gasteiger partial charge in [0.05, 0.1) is 5.39 Å². The van der Waals surface area contributed by atoms with Gasteiger partial charge in [-0.05, 0) is 44.3 Å². The Bertz CT molecular complexity index is 597. The zero-order valence-electron chi connectivity index (χ0n) is 12.7. The van der Waals surface area contributed by atoms with E-state index in [9.17, 15) is 0 Å². The molecule has 1 aliphatic rings. The maximum absolute atomic E-state index is 4.68. The number of rotatable bonds is 5. The average molecular weight is 305 g/mol. The number of hydrogen-bond acceptors (Lipinski definition) is 6. The maximum atomic E-state index is 4.68. The quantitative estimate of drug-likeness (QED) is 0.889. The zero-order valence-corrected chi connectivity index (χ0v) is 13.5. The van der Waals surface area contributed by atoms with Crippen LogP contribution in [0.1, 0.15) is 26.2 Å². The van der Waals surface area contributed by atoms with Crippen molar-refractivity contribution in [2.24, 2.45) is 0 Å². The predicted molar refractivity (Wildman–Crippen MR) is 90.3 cm³/mol. The van der Waals surface area contributed by atoms with E-state index in [4.69, 9.17) is 0 Å². The third kappa shape index (κ3) is 3.44. The van der Waals surface area contributed by atoms with Gasteiger partial charge in [-0.3, -0.25) is 0 Å². The first kappa shape index (κ1) is 14.5. The fourth-order valence-electron chi connectivity index (χ4n) is 2.76. The largest absolute Gasteiger partial charge is 0.365 e. The van der Waals surface area contributed by atoms with Crippen LogP contribution in [0.15, 0.2) is 11.4 Å². The molecular formula is C15H23N5S. The Labute approximate surface area is 129 Å². The molecule has 1 unspecified atom stereocenters. The van der Waals surface area contributed by atoms with Gasteiger partial charge in [-0.15, -0.1) is 11.3 Å². The molecule has 0 saturated carbocycles. The molecule has 6 heteroatoms. The summed E-state index contributed by atoms with van der Waals surface area (Å²) in [6, 6.07) is 2.58. The van der Waals surface area contributed by atoms with Crippen molar-refractivity contribution in [2.45, 2.75) is 32.2 Å². The number of piperidine rings is 1. The molecule has 0 aliphatic carbocycles. The van der Waals surface area contributed by atoms with E-state index in [1.165, 1.54) is 19.4 Å². The number of hydrogen-bond donors (Lipinski definition) is 2. The Morgan fingerprint density at radius 3 is 3.14 bits per heavy atom. The molecule has 1 aliphatic heterocycles. The Kier molecular flexibility index (Phi) is 4.55. The van der Waals surface area contributed by atoms with Gasteiger partial charge < -0.3 is 15.5 Å². The van der Waals surface area contributed by atoms with Crippen LogP contribution >= 0.6 is 11.3 Å². The van der Waals surface area contributed by atoms with Gasteiger partial charge in [-0.2, -0.15) is 4.98 Å². The van der Waals surface area contributed by atoms with Crippen molar-refractivity contribution >= 4 is 33.3 Å². The summed E-state index contributed by atoms with van der Waals surface area (Å²) in [4.78, 5) is 12.7. The number of likely N-dealkylation sites (N-methyl/N-ethyl adjacent to an activating group) is 1. The second-order valence-electron chi connectivity index (χ2n) is 5.71. The van der Waals surface area contributed by atoms with Gasteiger partial charge in [0.1, 0.15) is 10.6 Å². The summed E-state index contributed by atoms with van der Waals surface area (Å²) in [6.45, 7) is 5.32. The fraction of sp³-hybridized carbons (Fsp3) is 0.600. The lowest BCUT2D eigenvalue weighted by atomic mass is 10.1. The van der Waals surface area contributed by atoms with Gasteiger partial charge >= 0.3 is 0 Å². The molecule has 2 aromatic rings. The van der Waals surface area contributed by atoms with E-state index in [1.807, 2.05) is 0 Å². The van der Waals surface area contributed by atoms with Crippen molar-refractivity contribution in [1.29, 1.82) is 0 Å². The van der Waals surface area contributed by atoms with Gasteiger partial charge in [0.15, 0.2) is 0 Å². The molecule has 21 heavy (non-hydrogen) atoms. The molecule has 0 radical (unpaired) electrons. The monoisotopic (exact) mass is 305 g/mol. The highest BCUT2D eigenvalue weighted by Crippen LogP contribution is 2.27. The zero-order chi connectivity index (χ0) is 14.7. The molecule has 2 N–H and O–H groups in total. The standard InChI is InChI=1S/C15H23N5S/c1-3-7-16-15-18-13(12-6-9-21-14(12)19-15)17-11-5-4-8-20(2)10-11/h6,9,11H,3-5,7-8,10H2,1-2H3,(H2,16,17,18,19). The maximum Gasteiger partial charge on any atom is 0.226 e. The van der Waals surface area contributed by atoms with Gasteiger partial charge in [-0.1, -0.05) is 6.92 Å². The third-order valence-corrected chi connectivity index (χ3v) is 4.63. The number of nitrogens with zero attached hydrogens (tertiary/aromatic N) is 3. The van der Waals surface area contributed by atoms with Crippen LogP contribution in [0.5, 0.6) is 0 Å². The second kappa shape index (κ2) is 6.58. The van der Waals surface area contributed by atoms with E-state index >= 15 is 0 Å². The van der Waals surface area contributed by atoms with Crippen LogP contribution < -0.4 is 10.6 Å². The molecule has 1 atom stereocenters. The van der Waals surface area contributed by atoms with Crippen LogP contribution in [0.2, 0.25) is 0 Å². The Balaban J connectivity index is 1.83. The van der Waals surface area contributed by atoms with E-state index in [2.05, 4.69) is 50.9 Å². The molecule has 0 aromatic carbocycles. The van der Waals surface area contributed by atoms with Crippen molar-refractivity contribution in [1.82, 2.24) is 14.9 Å². The number of fused-ring (bicyclic) bond motifs is 1. The minimum absolute atomic E-state index is 0.473. The van der Waals surface area contributed by atoms with Gasteiger partial charge in [-0.25, -0.2) is 4.98 Å². The highest BCUT2D eigenvalue weighted by Gasteiger charge is 2.19. The first-order valence-electron chi connectivity index (χ1n) is 7.70. The van der Waals surface area contributed by atoms with E-state index in [0.29, 0.717) is 6.04 Å². The summed E-state index contributed by atoms with van der Waals surface area (Å²) in [5.41, 5.74) is 0. The second-order valence-corrected chi connectivity index (χ2v) is 6.60. The molecule has 3 rings (SSSR count). The Hall–Kier alpha value is -1.40. The summed E-state index contributed by atoms with van der Waals surface area (Å²) in [5.74, 6) is 1.71. The Morgan fingerprint density at radius 2 is 2.33 bits per heavy atom. The van der Waals surface area contributed by atoms with Crippen LogP contribution in [0, 0.1) is 0 Å². The van der Waals surface area contributed by atoms with Gasteiger partial charge in [0.2, 0.25) is 5.95 Å². The summed E-state index contributed by atoms with van der Waals surface area (Å²) < 4.78 is 0. The first-order valence-corrected chi connectivity index (χ1v) is 8.58. The Morgan fingerprint density at radius 1 is 1.43 bits per heavy atom. The van der Waals surface area contributed by atoms with E-state index in [0.717, 1.165) is 41.5 Å². The molecule has 1 fully saturated rings. The number of nitrogens with one attached hydrogen (secondary N) is 2. The van der Waals surface area contributed by atoms with Gasteiger partial charge in [0, 0.05) is 19.1 Å². The summed E-state index contributed by atoms with van der Waals surface area (Å²) in [7, 11) is 2.18. The van der Waals surface area contributed by atoms with E-state index in [-0.39, 0.29) is 0 Å². The highest BCUT2D eigenvalue weighted by molar-refractivity contribution is 7.16. The average Bonchev–Trinajstić information content (AvgIpc) is 2.94. The number of anilines is 2. The van der Waals surface area contributed by atoms with E-state index < -0.39 is 0 Å². The molecule has 0 bridgehead atoms. The number of thiophene rings is 1. The number of likely N-dealkylation sites (tertiary alicyclic amines) is 1. The number of aromatic nitrogens is 2. The SMILES string of the molecule is CCCNc1nc(NC2CCCN(C)C2)c2ccsc2n1. The molecule has 2 aromatic heterocycles. The molecule has 1 saturated heterocycles. The van der Waals surface area contributed by atoms with Crippen LogP contribution in [-0.2, 0) is 0 Å². The summed E-state index contributed by atoms with van der Waals surface area (Å²) >= 11 is 1.67. The topological polar surface area (TPSA) is 53.1 Å². The van der Waals surface area contributed by atoms with Crippen LogP contribution in [-0.4, -0.2) is 47.6 Å². The third-order valence-electron chi connectivity index (χ3n) is 3.82. The molecule has 3 heterocycles. The predicted octanol–water partition coefficient (Wildman–Crippen LogP) is 3.02. The minimum atomic E-state index is 0.473. The van der Waals surface area contributed by atoms with Crippen LogP contribution in [0.25, 0.3) is 10.2 Å². The van der Waals surface area contributed by atoms with Crippen molar-refractivity contribution in [3.63, 3.8) is 0 Å². The molecular weight excluding hydrogens is 282 g/mol. The van der Waals surface area contributed by atoms with E-state index in [1.54, 1.807) is 11.3 Å². The molecule has 5 nitrogen and oxygen atoms in total. The van der Waals surface area contributed by atoms with Crippen molar-refractivity contribution in [2.75, 3.05) is 37.3 Å². The molecule has 0 spiro atoms. The normalized spacial score (nSPS) is 19.8.